The highest BCUT2D eigenvalue weighted by Gasteiger charge is 2.19. The van der Waals surface area contributed by atoms with E-state index in [0.29, 0.717) is 11.6 Å². The molecular weight excluding hydrogens is 343 g/mol. The molecule has 6 heteroatoms. The summed E-state index contributed by atoms with van der Waals surface area (Å²) in [5, 5.41) is 3.38. The molecule has 0 spiro atoms. The van der Waals surface area contributed by atoms with Crippen LogP contribution in [0.3, 0.4) is 0 Å². The Balaban J connectivity index is 2.06. The van der Waals surface area contributed by atoms with E-state index in [1.165, 1.54) is 19.1 Å². The van der Waals surface area contributed by atoms with Gasteiger partial charge in [0.25, 0.3) is 0 Å². The second kappa shape index (κ2) is 8.62. The van der Waals surface area contributed by atoms with E-state index >= 15 is 0 Å². The summed E-state index contributed by atoms with van der Waals surface area (Å²) in [5.74, 6) is -0.654. The van der Waals surface area contributed by atoms with Crippen LogP contribution in [0, 0.1) is 5.82 Å². The van der Waals surface area contributed by atoms with E-state index in [-0.39, 0.29) is 24.1 Å². The lowest BCUT2D eigenvalue weighted by Gasteiger charge is -2.23. The van der Waals surface area contributed by atoms with E-state index in [9.17, 15) is 14.0 Å². The molecule has 0 saturated carbocycles. The molecule has 0 bridgehead atoms. The third-order valence-electron chi connectivity index (χ3n) is 3.79. The lowest BCUT2D eigenvalue weighted by atomic mass is 10.0. The van der Waals surface area contributed by atoms with Crippen LogP contribution in [0.1, 0.15) is 30.5 Å². The maximum Gasteiger partial charge on any atom is 0.225 e. The smallest absolute Gasteiger partial charge is 0.225 e. The average Bonchev–Trinajstić information content (AvgIpc) is 2.56. The maximum absolute atomic E-state index is 13.0. The number of amides is 2. The molecule has 25 heavy (non-hydrogen) atoms. The van der Waals surface area contributed by atoms with Gasteiger partial charge in [0.2, 0.25) is 11.8 Å². The molecule has 1 N–H and O–H groups in total. The topological polar surface area (TPSA) is 49.4 Å². The molecule has 0 radical (unpaired) electrons. The van der Waals surface area contributed by atoms with Gasteiger partial charge in [-0.15, -0.1) is 0 Å². The van der Waals surface area contributed by atoms with E-state index in [0.717, 1.165) is 11.1 Å². The number of halogens is 2. The Morgan fingerprint density at radius 2 is 1.72 bits per heavy atom. The minimum absolute atomic E-state index is 0.124. The normalized spacial score (nSPS) is 11.7. The minimum atomic E-state index is -0.432. The van der Waals surface area contributed by atoms with Crippen LogP contribution in [0.4, 0.5) is 4.39 Å². The molecular formula is C19H20ClFN2O2. The standard InChI is InChI=1S/C19H20ClFN2O2/c1-13(24)22-18(15-5-7-16(20)8-6-15)11-19(25)23(2)12-14-3-9-17(21)10-4-14/h3-10,18H,11-12H2,1-2H3,(H,22,24). The number of hydrogen-bond acceptors (Lipinski definition) is 2. The van der Waals surface area contributed by atoms with Gasteiger partial charge in [0, 0.05) is 25.5 Å². The zero-order valence-corrected chi connectivity index (χ0v) is 14.9. The minimum Gasteiger partial charge on any atom is -0.349 e. The van der Waals surface area contributed by atoms with Crippen LogP contribution >= 0.6 is 11.6 Å². The number of benzene rings is 2. The first-order valence-corrected chi connectivity index (χ1v) is 8.24. The first kappa shape index (κ1) is 18.9. The zero-order chi connectivity index (χ0) is 18.4. The molecule has 0 aromatic heterocycles. The number of carbonyl (C=O) groups excluding carboxylic acids is 2. The Hall–Kier alpha value is -2.40. The Bertz CT molecular complexity index is 732. The zero-order valence-electron chi connectivity index (χ0n) is 14.1. The molecule has 0 aliphatic rings. The molecule has 1 unspecified atom stereocenters. The highest BCUT2D eigenvalue weighted by Crippen LogP contribution is 2.21. The first-order chi connectivity index (χ1) is 11.8. The van der Waals surface area contributed by atoms with Crippen LogP contribution < -0.4 is 5.32 Å². The second-order valence-corrected chi connectivity index (χ2v) is 6.32. The maximum atomic E-state index is 13.0. The second-order valence-electron chi connectivity index (χ2n) is 5.89. The van der Waals surface area contributed by atoms with Gasteiger partial charge in [-0.2, -0.15) is 0 Å². The van der Waals surface area contributed by atoms with Crippen molar-refractivity contribution in [2.75, 3.05) is 7.05 Å². The van der Waals surface area contributed by atoms with Crippen molar-refractivity contribution in [3.8, 4) is 0 Å². The van der Waals surface area contributed by atoms with Crippen molar-refractivity contribution in [1.29, 1.82) is 0 Å². The Kier molecular flexibility index (Phi) is 6.53. The Labute approximate surface area is 151 Å². The highest BCUT2D eigenvalue weighted by molar-refractivity contribution is 6.30. The fourth-order valence-electron chi connectivity index (χ4n) is 2.47. The van der Waals surface area contributed by atoms with Crippen LogP contribution in [0.2, 0.25) is 5.02 Å². The number of nitrogens with zero attached hydrogens (tertiary/aromatic N) is 1. The van der Waals surface area contributed by atoms with Crippen molar-refractivity contribution < 1.29 is 14.0 Å². The SMILES string of the molecule is CC(=O)NC(CC(=O)N(C)Cc1ccc(F)cc1)c1ccc(Cl)cc1. The summed E-state index contributed by atoms with van der Waals surface area (Å²) >= 11 is 5.89. The number of carbonyl (C=O) groups is 2. The summed E-state index contributed by atoms with van der Waals surface area (Å²) < 4.78 is 13.0. The van der Waals surface area contributed by atoms with Crippen LogP contribution in [0.25, 0.3) is 0 Å². The summed E-state index contributed by atoms with van der Waals surface area (Å²) in [6, 6.07) is 12.6. The molecule has 2 aromatic rings. The van der Waals surface area contributed by atoms with Crippen molar-refractivity contribution >= 4 is 23.4 Å². The highest BCUT2D eigenvalue weighted by atomic mass is 35.5. The first-order valence-electron chi connectivity index (χ1n) is 7.86. The van der Waals surface area contributed by atoms with Crippen molar-refractivity contribution in [2.45, 2.75) is 25.9 Å². The predicted octanol–water partition coefficient (Wildman–Crippen LogP) is 3.71. The molecule has 0 aliphatic carbocycles. The summed E-state index contributed by atoms with van der Waals surface area (Å²) in [6.07, 6.45) is 0.124. The molecule has 0 aliphatic heterocycles. The summed E-state index contributed by atoms with van der Waals surface area (Å²) in [6.45, 7) is 1.78. The van der Waals surface area contributed by atoms with E-state index < -0.39 is 6.04 Å². The van der Waals surface area contributed by atoms with Crippen LogP contribution in [-0.2, 0) is 16.1 Å². The van der Waals surface area contributed by atoms with Crippen LogP contribution in [0.15, 0.2) is 48.5 Å². The molecule has 2 amide bonds. The molecule has 132 valence electrons. The lowest BCUT2D eigenvalue weighted by molar-refractivity contribution is -0.131. The lowest BCUT2D eigenvalue weighted by Crippen LogP contribution is -2.33. The molecule has 2 aromatic carbocycles. The molecule has 1 atom stereocenters. The molecule has 4 nitrogen and oxygen atoms in total. The van der Waals surface area contributed by atoms with Gasteiger partial charge >= 0.3 is 0 Å². The summed E-state index contributed by atoms with van der Waals surface area (Å²) in [7, 11) is 1.68. The van der Waals surface area contributed by atoms with E-state index in [1.807, 2.05) is 0 Å². The van der Waals surface area contributed by atoms with Gasteiger partial charge in [-0.05, 0) is 35.4 Å². The molecule has 0 heterocycles. The van der Waals surface area contributed by atoms with Crippen LogP contribution in [-0.4, -0.2) is 23.8 Å². The molecule has 0 saturated heterocycles. The third-order valence-corrected chi connectivity index (χ3v) is 4.04. The van der Waals surface area contributed by atoms with Crippen molar-refractivity contribution in [1.82, 2.24) is 10.2 Å². The van der Waals surface area contributed by atoms with E-state index in [1.54, 1.807) is 48.3 Å². The number of nitrogens with one attached hydrogen (secondary N) is 1. The Morgan fingerprint density at radius 1 is 1.12 bits per heavy atom. The van der Waals surface area contributed by atoms with Gasteiger partial charge in [0.15, 0.2) is 0 Å². The largest absolute Gasteiger partial charge is 0.349 e. The molecule has 0 fully saturated rings. The van der Waals surface area contributed by atoms with E-state index in [2.05, 4.69) is 5.32 Å². The van der Waals surface area contributed by atoms with Gasteiger partial charge in [-0.25, -0.2) is 4.39 Å². The number of rotatable bonds is 6. The average molecular weight is 363 g/mol. The monoisotopic (exact) mass is 362 g/mol. The van der Waals surface area contributed by atoms with Crippen molar-refractivity contribution in [3.63, 3.8) is 0 Å². The van der Waals surface area contributed by atoms with Crippen molar-refractivity contribution in [3.05, 3.63) is 70.5 Å². The Morgan fingerprint density at radius 3 is 2.28 bits per heavy atom. The van der Waals surface area contributed by atoms with Crippen LogP contribution in [0.5, 0.6) is 0 Å². The third kappa shape index (κ3) is 5.87. The predicted molar refractivity (Wildman–Crippen MR) is 95.5 cm³/mol. The van der Waals surface area contributed by atoms with Gasteiger partial charge in [-0.1, -0.05) is 35.9 Å². The van der Waals surface area contributed by atoms with Gasteiger partial charge in [0.1, 0.15) is 5.82 Å². The van der Waals surface area contributed by atoms with Gasteiger partial charge in [-0.3, -0.25) is 9.59 Å². The quantitative estimate of drug-likeness (QED) is 0.851. The van der Waals surface area contributed by atoms with Gasteiger partial charge < -0.3 is 10.2 Å². The summed E-state index contributed by atoms with van der Waals surface area (Å²) in [4.78, 5) is 25.5. The van der Waals surface area contributed by atoms with Gasteiger partial charge in [0.05, 0.1) is 12.5 Å². The fourth-order valence-corrected chi connectivity index (χ4v) is 2.60. The molecule has 2 rings (SSSR count). The van der Waals surface area contributed by atoms with E-state index in [4.69, 9.17) is 11.6 Å². The summed E-state index contributed by atoms with van der Waals surface area (Å²) in [5.41, 5.74) is 1.64. The van der Waals surface area contributed by atoms with Crippen molar-refractivity contribution in [2.24, 2.45) is 0 Å². The number of hydrogen-bond donors (Lipinski definition) is 1. The fraction of sp³-hybridized carbons (Fsp3) is 0.263.